The molecule has 172 valence electrons. The number of hydrogen-bond donors (Lipinski definition) is 2. The number of amides is 1. The van der Waals surface area contributed by atoms with Crippen LogP contribution in [0.2, 0.25) is 0 Å². The SMILES string of the molecule is CC(C)COc1cccc(NC(=S)NC(=O)c2ccc(OCCOc3ccccc3)cc2)c1. The Bertz CT molecular complexity index is 1040. The summed E-state index contributed by atoms with van der Waals surface area (Å²) in [5.41, 5.74) is 1.21. The molecule has 0 radical (unpaired) electrons. The normalized spacial score (nSPS) is 10.4. The van der Waals surface area contributed by atoms with E-state index in [2.05, 4.69) is 24.5 Å². The summed E-state index contributed by atoms with van der Waals surface area (Å²) in [5.74, 6) is 2.32. The fourth-order valence-electron chi connectivity index (χ4n) is 2.80. The molecule has 0 fully saturated rings. The Kier molecular flexibility index (Phi) is 9.08. The molecule has 0 spiro atoms. The van der Waals surface area contributed by atoms with Crippen LogP contribution in [0.4, 0.5) is 5.69 Å². The van der Waals surface area contributed by atoms with Gasteiger partial charge in [-0.1, -0.05) is 38.1 Å². The lowest BCUT2D eigenvalue weighted by atomic mass is 10.2. The summed E-state index contributed by atoms with van der Waals surface area (Å²) >= 11 is 5.28. The van der Waals surface area contributed by atoms with Crippen LogP contribution in [0.1, 0.15) is 24.2 Å². The van der Waals surface area contributed by atoms with Gasteiger partial charge in [0.15, 0.2) is 5.11 Å². The number of carbonyl (C=O) groups is 1. The van der Waals surface area contributed by atoms with Crippen molar-refractivity contribution in [2.24, 2.45) is 5.92 Å². The highest BCUT2D eigenvalue weighted by molar-refractivity contribution is 7.80. The Hall–Kier alpha value is -3.58. The van der Waals surface area contributed by atoms with Crippen LogP contribution in [-0.2, 0) is 0 Å². The van der Waals surface area contributed by atoms with Crippen molar-refractivity contribution in [3.63, 3.8) is 0 Å². The summed E-state index contributed by atoms with van der Waals surface area (Å²) in [5, 5.41) is 5.90. The van der Waals surface area contributed by atoms with Gasteiger partial charge in [0.2, 0.25) is 0 Å². The largest absolute Gasteiger partial charge is 0.493 e. The number of hydrogen-bond acceptors (Lipinski definition) is 5. The highest BCUT2D eigenvalue weighted by Crippen LogP contribution is 2.18. The quantitative estimate of drug-likeness (QED) is 0.313. The van der Waals surface area contributed by atoms with Gasteiger partial charge in [0.25, 0.3) is 5.91 Å². The van der Waals surface area contributed by atoms with Crippen molar-refractivity contribution < 1.29 is 19.0 Å². The molecule has 0 bridgehead atoms. The minimum Gasteiger partial charge on any atom is -0.493 e. The van der Waals surface area contributed by atoms with E-state index >= 15 is 0 Å². The van der Waals surface area contributed by atoms with E-state index < -0.39 is 0 Å². The maximum atomic E-state index is 12.5. The van der Waals surface area contributed by atoms with Gasteiger partial charge in [-0.25, -0.2) is 0 Å². The predicted octanol–water partition coefficient (Wildman–Crippen LogP) is 5.31. The molecule has 3 rings (SSSR count). The molecule has 0 atom stereocenters. The van der Waals surface area contributed by atoms with Crippen LogP contribution in [-0.4, -0.2) is 30.8 Å². The predicted molar refractivity (Wildman–Crippen MR) is 134 cm³/mol. The van der Waals surface area contributed by atoms with Gasteiger partial charge in [-0.3, -0.25) is 10.1 Å². The van der Waals surface area contributed by atoms with E-state index in [1.54, 1.807) is 24.3 Å². The fourth-order valence-corrected chi connectivity index (χ4v) is 3.01. The lowest BCUT2D eigenvalue weighted by molar-refractivity contribution is 0.0977. The Morgan fingerprint density at radius 1 is 0.818 bits per heavy atom. The van der Waals surface area contributed by atoms with Gasteiger partial charge in [-0.05, 0) is 66.7 Å². The summed E-state index contributed by atoms with van der Waals surface area (Å²) in [6.07, 6.45) is 0. The van der Waals surface area contributed by atoms with Gasteiger partial charge in [0.1, 0.15) is 30.5 Å². The second kappa shape index (κ2) is 12.5. The molecule has 0 heterocycles. The molecule has 0 aliphatic carbocycles. The number of anilines is 1. The van der Waals surface area contributed by atoms with Crippen molar-refractivity contribution in [2.75, 3.05) is 25.1 Å². The minimum absolute atomic E-state index is 0.208. The number of benzene rings is 3. The van der Waals surface area contributed by atoms with Crippen molar-refractivity contribution in [3.05, 3.63) is 84.4 Å². The molecule has 1 amide bonds. The zero-order chi connectivity index (χ0) is 23.5. The maximum absolute atomic E-state index is 12.5. The molecule has 2 N–H and O–H groups in total. The van der Waals surface area contributed by atoms with Crippen molar-refractivity contribution in [2.45, 2.75) is 13.8 Å². The van der Waals surface area contributed by atoms with Crippen LogP contribution in [0, 0.1) is 5.92 Å². The first-order valence-electron chi connectivity index (χ1n) is 10.8. The third-order valence-corrected chi connectivity index (χ3v) is 4.59. The average Bonchev–Trinajstić information content (AvgIpc) is 2.82. The summed E-state index contributed by atoms with van der Waals surface area (Å²) in [6.45, 7) is 5.63. The van der Waals surface area contributed by atoms with Crippen molar-refractivity contribution in [1.82, 2.24) is 5.32 Å². The molecule has 0 aliphatic heterocycles. The maximum Gasteiger partial charge on any atom is 0.257 e. The van der Waals surface area contributed by atoms with Gasteiger partial charge in [-0.15, -0.1) is 0 Å². The highest BCUT2D eigenvalue weighted by atomic mass is 32.1. The Labute approximate surface area is 199 Å². The van der Waals surface area contributed by atoms with Crippen LogP contribution in [0.15, 0.2) is 78.9 Å². The van der Waals surface area contributed by atoms with E-state index in [9.17, 15) is 4.79 Å². The summed E-state index contributed by atoms with van der Waals surface area (Å²) in [7, 11) is 0. The van der Waals surface area contributed by atoms with Crippen molar-refractivity contribution in [1.29, 1.82) is 0 Å². The Morgan fingerprint density at radius 2 is 1.45 bits per heavy atom. The van der Waals surface area contributed by atoms with Crippen LogP contribution in [0.3, 0.4) is 0 Å². The average molecular weight is 465 g/mol. The molecule has 6 nitrogen and oxygen atoms in total. The highest BCUT2D eigenvalue weighted by Gasteiger charge is 2.09. The number of carbonyl (C=O) groups excluding carboxylic acids is 1. The molecule has 3 aromatic carbocycles. The van der Waals surface area contributed by atoms with Crippen LogP contribution in [0.25, 0.3) is 0 Å². The molecule has 7 heteroatoms. The first-order chi connectivity index (χ1) is 16.0. The van der Waals surface area contributed by atoms with Crippen LogP contribution < -0.4 is 24.8 Å². The van der Waals surface area contributed by atoms with E-state index in [1.165, 1.54) is 0 Å². The molecule has 0 saturated carbocycles. The van der Waals surface area contributed by atoms with Gasteiger partial charge in [0.05, 0.1) is 6.61 Å². The molecule has 33 heavy (non-hydrogen) atoms. The Balaban J connectivity index is 1.43. The van der Waals surface area contributed by atoms with Gasteiger partial charge < -0.3 is 19.5 Å². The van der Waals surface area contributed by atoms with E-state index in [4.69, 9.17) is 26.4 Å². The standard InChI is InChI=1S/C26H28N2O4S/c1-19(2)18-32-24-10-6-7-21(17-24)27-26(33)28-25(29)20-11-13-23(14-12-20)31-16-15-30-22-8-4-3-5-9-22/h3-14,17,19H,15-16,18H2,1-2H3,(H2,27,28,29,33). The summed E-state index contributed by atoms with van der Waals surface area (Å²) < 4.78 is 17.0. The molecular weight excluding hydrogens is 436 g/mol. The van der Waals surface area contributed by atoms with E-state index in [1.807, 2.05) is 54.6 Å². The fraction of sp³-hybridized carbons (Fsp3) is 0.231. The third kappa shape index (κ3) is 8.46. The third-order valence-electron chi connectivity index (χ3n) is 4.38. The first kappa shape index (κ1) is 24.1. The van der Waals surface area contributed by atoms with Crippen LogP contribution >= 0.6 is 12.2 Å². The lowest BCUT2D eigenvalue weighted by Gasteiger charge is -2.13. The van der Waals surface area contributed by atoms with E-state index in [0.29, 0.717) is 37.1 Å². The van der Waals surface area contributed by atoms with Gasteiger partial charge in [0, 0.05) is 17.3 Å². The molecule has 3 aromatic rings. The van der Waals surface area contributed by atoms with E-state index in [0.717, 1.165) is 17.2 Å². The number of ether oxygens (including phenoxy) is 3. The number of rotatable bonds is 10. The Morgan fingerprint density at radius 3 is 2.12 bits per heavy atom. The van der Waals surface area contributed by atoms with Gasteiger partial charge >= 0.3 is 0 Å². The second-order valence-corrected chi connectivity index (χ2v) is 8.08. The van der Waals surface area contributed by atoms with Crippen molar-refractivity contribution >= 4 is 28.9 Å². The van der Waals surface area contributed by atoms with Gasteiger partial charge in [-0.2, -0.15) is 0 Å². The summed E-state index contributed by atoms with van der Waals surface area (Å²) in [6, 6.07) is 23.9. The summed E-state index contributed by atoms with van der Waals surface area (Å²) in [4.78, 5) is 12.5. The molecule has 0 aromatic heterocycles. The van der Waals surface area contributed by atoms with E-state index in [-0.39, 0.29) is 11.0 Å². The first-order valence-corrected chi connectivity index (χ1v) is 11.2. The molecular formula is C26H28N2O4S. The smallest absolute Gasteiger partial charge is 0.257 e. The topological polar surface area (TPSA) is 68.8 Å². The molecule has 0 saturated heterocycles. The molecule has 0 aliphatic rings. The van der Waals surface area contributed by atoms with Crippen LogP contribution in [0.5, 0.6) is 17.2 Å². The number of nitrogens with one attached hydrogen (secondary N) is 2. The lowest BCUT2D eigenvalue weighted by Crippen LogP contribution is -2.34. The van der Waals surface area contributed by atoms with Crippen molar-refractivity contribution in [3.8, 4) is 17.2 Å². The zero-order valence-electron chi connectivity index (χ0n) is 18.7. The number of thiocarbonyl (C=S) groups is 1. The zero-order valence-corrected chi connectivity index (χ0v) is 19.6. The molecule has 0 unspecified atom stereocenters. The number of para-hydroxylation sites is 1. The second-order valence-electron chi connectivity index (χ2n) is 7.68. The minimum atomic E-state index is -0.307. The monoisotopic (exact) mass is 464 g/mol.